The summed E-state index contributed by atoms with van der Waals surface area (Å²) in [5.41, 5.74) is 7.78. The number of carbonyl (C=O) groups excluding carboxylic acids is 1. The van der Waals surface area contributed by atoms with Crippen LogP contribution in [0.4, 0.5) is 16.3 Å². The predicted molar refractivity (Wildman–Crippen MR) is 111 cm³/mol. The fourth-order valence-corrected chi connectivity index (χ4v) is 3.90. The van der Waals surface area contributed by atoms with Crippen LogP contribution in [0.3, 0.4) is 0 Å². The maximum Gasteiger partial charge on any atom is 0.319 e. The SMILES string of the molecule is COc1cccc(NC(=O)N[C@H]2CC[C@@H](n3cnc4c(N)nc(Cl)nc43)CC2)c1. The Morgan fingerprint density at radius 3 is 2.83 bits per heavy atom. The lowest BCUT2D eigenvalue weighted by molar-refractivity contribution is 0.238. The number of hydrogen-bond donors (Lipinski definition) is 3. The van der Waals surface area contributed by atoms with E-state index in [0.717, 1.165) is 25.7 Å². The van der Waals surface area contributed by atoms with Crippen LogP contribution in [0, 0.1) is 0 Å². The molecule has 2 heterocycles. The first kappa shape index (κ1) is 19.3. The summed E-state index contributed by atoms with van der Waals surface area (Å²) in [5.74, 6) is 0.976. The van der Waals surface area contributed by atoms with Crippen molar-refractivity contribution in [3.63, 3.8) is 0 Å². The van der Waals surface area contributed by atoms with Gasteiger partial charge in [-0.15, -0.1) is 0 Å². The number of urea groups is 1. The fourth-order valence-electron chi connectivity index (χ4n) is 3.73. The number of benzene rings is 1. The molecule has 0 saturated heterocycles. The van der Waals surface area contributed by atoms with Gasteiger partial charge in [-0.05, 0) is 49.4 Å². The minimum absolute atomic E-state index is 0.106. The summed E-state index contributed by atoms with van der Waals surface area (Å²) in [6.45, 7) is 0. The first-order valence-corrected chi connectivity index (χ1v) is 9.78. The van der Waals surface area contributed by atoms with Crippen molar-refractivity contribution in [3.8, 4) is 5.75 Å². The van der Waals surface area contributed by atoms with Crippen LogP contribution in [0.5, 0.6) is 5.75 Å². The molecule has 4 N–H and O–H groups in total. The number of carbonyl (C=O) groups is 1. The van der Waals surface area contributed by atoms with E-state index in [-0.39, 0.29) is 29.2 Å². The number of nitrogens with two attached hydrogens (primary N) is 1. The van der Waals surface area contributed by atoms with Crippen molar-refractivity contribution >= 4 is 40.3 Å². The van der Waals surface area contributed by atoms with E-state index in [4.69, 9.17) is 22.1 Å². The third kappa shape index (κ3) is 4.19. The van der Waals surface area contributed by atoms with E-state index in [1.807, 2.05) is 22.8 Å². The van der Waals surface area contributed by atoms with Crippen LogP contribution in [-0.2, 0) is 0 Å². The third-order valence-corrected chi connectivity index (χ3v) is 5.34. The number of amides is 2. The van der Waals surface area contributed by atoms with Crippen molar-refractivity contribution in [3.05, 3.63) is 35.9 Å². The Kier molecular flexibility index (Phi) is 5.39. The number of hydrogen-bond acceptors (Lipinski definition) is 6. The van der Waals surface area contributed by atoms with Crippen LogP contribution in [-0.4, -0.2) is 38.7 Å². The second-order valence-corrected chi connectivity index (χ2v) is 7.38. The molecule has 1 aliphatic rings. The summed E-state index contributed by atoms with van der Waals surface area (Å²) in [7, 11) is 1.59. The molecular formula is C19H22ClN7O2. The van der Waals surface area contributed by atoms with Gasteiger partial charge in [0.2, 0.25) is 5.28 Å². The van der Waals surface area contributed by atoms with Gasteiger partial charge in [0.25, 0.3) is 0 Å². The average molecular weight is 416 g/mol. The molecular weight excluding hydrogens is 394 g/mol. The van der Waals surface area contributed by atoms with Gasteiger partial charge in [-0.1, -0.05) is 6.07 Å². The molecule has 1 fully saturated rings. The van der Waals surface area contributed by atoms with Gasteiger partial charge in [0.1, 0.15) is 11.3 Å². The predicted octanol–water partition coefficient (Wildman–Crippen LogP) is 3.38. The lowest BCUT2D eigenvalue weighted by atomic mass is 9.91. The number of nitrogens with one attached hydrogen (secondary N) is 2. The number of fused-ring (bicyclic) bond motifs is 1. The maximum absolute atomic E-state index is 12.3. The van der Waals surface area contributed by atoms with E-state index in [2.05, 4.69) is 25.6 Å². The highest BCUT2D eigenvalue weighted by Crippen LogP contribution is 2.31. The van der Waals surface area contributed by atoms with Crippen molar-refractivity contribution in [1.82, 2.24) is 24.8 Å². The second kappa shape index (κ2) is 8.12. The molecule has 0 atom stereocenters. The summed E-state index contributed by atoms with van der Waals surface area (Å²) in [4.78, 5) is 24.9. The maximum atomic E-state index is 12.3. The van der Waals surface area contributed by atoms with Gasteiger partial charge in [-0.2, -0.15) is 9.97 Å². The lowest BCUT2D eigenvalue weighted by Crippen LogP contribution is -2.40. The molecule has 29 heavy (non-hydrogen) atoms. The topological polar surface area (TPSA) is 120 Å². The number of imidazole rings is 1. The molecule has 9 nitrogen and oxygen atoms in total. The van der Waals surface area contributed by atoms with Gasteiger partial charge >= 0.3 is 6.03 Å². The van der Waals surface area contributed by atoms with Gasteiger partial charge in [0.15, 0.2) is 11.5 Å². The Morgan fingerprint density at radius 2 is 2.07 bits per heavy atom. The number of methoxy groups -OCH3 is 1. The van der Waals surface area contributed by atoms with Gasteiger partial charge in [-0.3, -0.25) is 0 Å². The van der Waals surface area contributed by atoms with Gasteiger partial charge < -0.3 is 25.7 Å². The first-order chi connectivity index (χ1) is 14.0. The third-order valence-electron chi connectivity index (χ3n) is 5.17. The Labute approximate surface area is 172 Å². The van der Waals surface area contributed by atoms with E-state index < -0.39 is 0 Å². The molecule has 0 aliphatic heterocycles. The van der Waals surface area contributed by atoms with Gasteiger partial charge in [0.05, 0.1) is 13.4 Å². The summed E-state index contributed by atoms with van der Waals surface area (Å²) >= 11 is 5.95. The first-order valence-electron chi connectivity index (χ1n) is 9.40. The Hall–Kier alpha value is -3.07. The molecule has 4 rings (SSSR count). The summed E-state index contributed by atoms with van der Waals surface area (Å²) in [6.07, 6.45) is 5.21. The smallest absolute Gasteiger partial charge is 0.319 e. The number of halogens is 1. The van der Waals surface area contributed by atoms with Crippen LogP contribution >= 0.6 is 11.6 Å². The van der Waals surface area contributed by atoms with E-state index in [1.54, 1.807) is 19.5 Å². The molecule has 1 aliphatic carbocycles. The largest absolute Gasteiger partial charge is 0.497 e. The van der Waals surface area contributed by atoms with Crippen LogP contribution in [0.25, 0.3) is 11.2 Å². The fraction of sp³-hybridized carbons (Fsp3) is 0.368. The van der Waals surface area contributed by atoms with E-state index >= 15 is 0 Å². The van der Waals surface area contributed by atoms with Crippen LogP contribution in [0.2, 0.25) is 5.28 Å². The number of anilines is 2. The zero-order valence-corrected chi connectivity index (χ0v) is 16.7. The summed E-state index contributed by atoms with van der Waals surface area (Å²) < 4.78 is 7.18. The minimum atomic E-state index is -0.220. The van der Waals surface area contributed by atoms with Crippen LogP contribution in [0.1, 0.15) is 31.7 Å². The number of ether oxygens (including phenoxy) is 1. The number of aromatic nitrogens is 4. The minimum Gasteiger partial charge on any atom is -0.497 e. The van der Waals surface area contributed by atoms with Crippen molar-refractivity contribution in [2.45, 2.75) is 37.8 Å². The van der Waals surface area contributed by atoms with Crippen molar-refractivity contribution in [2.24, 2.45) is 0 Å². The Morgan fingerprint density at radius 1 is 1.28 bits per heavy atom. The molecule has 152 valence electrons. The van der Waals surface area contributed by atoms with Gasteiger partial charge in [-0.25, -0.2) is 9.78 Å². The Bertz CT molecular complexity index is 1030. The highest BCUT2D eigenvalue weighted by molar-refractivity contribution is 6.28. The molecule has 1 aromatic carbocycles. The molecule has 0 radical (unpaired) electrons. The molecule has 2 aromatic heterocycles. The van der Waals surface area contributed by atoms with Crippen molar-refractivity contribution in [1.29, 1.82) is 0 Å². The molecule has 1 saturated carbocycles. The van der Waals surface area contributed by atoms with Crippen LogP contribution < -0.4 is 21.1 Å². The van der Waals surface area contributed by atoms with E-state index in [0.29, 0.717) is 22.6 Å². The number of nitrogens with zero attached hydrogens (tertiary/aromatic N) is 4. The molecule has 0 spiro atoms. The number of nitrogen functional groups attached to an aromatic ring is 1. The zero-order valence-electron chi connectivity index (χ0n) is 15.9. The zero-order chi connectivity index (χ0) is 20.4. The summed E-state index contributed by atoms with van der Waals surface area (Å²) in [6, 6.07) is 7.37. The number of rotatable bonds is 4. The van der Waals surface area contributed by atoms with Crippen molar-refractivity contribution < 1.29 is 9.53 Å². The monoisotopic (exact) mass is 415 g/mol. The highest BCUT2D eigenvalue weighted by atomic mass is 35.5. The lowest BCUT2D eigenvalue weighted by Gasteiger charge is -2.30. The molecule has 3 aromatic rings. The van der Waals surface area contributed by atoms with E-state index in [9.17, 15) is 4.79 Å². The van der Waals surface area contributed by atoms with Crippen molar-refractivity contribution in [2.75, 3.05) is 18.2 Å². The molecule has 10 heteroatoms. The second-order valence-electron chi connectivity index (χ2n) is 7.04. The average Bonchev–Trinajstić information content (AvgIpc) is 3.13. The van der Waals surface area contributed by atoms with E-state index in [1.165, 1.54) is 0 Å². The quantitative estimate of drug-likeness (QED) is 0.562. The Balaban J connectivity index is 1.35. The molecule has 0 unspecified atom stereocenters. The summed E-state index contributed by atoms with van der Waals surface area (Å²) in [5, 5.41) is 6.00. The van der Waals surface area contributed by atoms with Crippen LogP contribution in [0.15, 0.2) is 30.6 Å². The molecule has 2 amide bonds. The molecule has 0 bridgehead atoms. The standard InChI is InChI=1S/C19H22ClN7O2/c1-29-14-4-2-3-12(9-14)24-19(28)23-11-5-7-13(8-6-11)27-10-22-15-16(21)25-18(20)26-17(15)27/h2-4,9-11,13H,5-8H2,1H3,(H2,21,25,26)(H2,23,24,28)/t11-,13+. The normalized spacial score (nSPS) is 19.1. The highest BCUT2D eigenvalue weighted by Gasteiger charge is 2.25. The van der Waals surface area contributed by atoms with Gasteiger partial charge in [0, 0.05) is 23.8 Å².